The van der Waals surface area contributed by atoms with Crippen molar-refractivity contribution in [2.75, 3.05) is 11.9 Å². The zero-order valence-electron chi connectivity index (χ0n) is 10.6. The number of nitrogens with one attached hydrogen (secondary N) is 1. The minimum absolute atomic E-state index is 0.00866. The van der Waals surface area contributed by atoms with Gasteiger partial charge in [0.1, 0.15) is 12.7 Å². The van der Waals surface area contributed by atoms with Crippen LogP contribution in [-0.4, -0.2) is 27.2 Å². The first-order chi connectivity index (χ1) is 9.29. The van der Waals surface area contributed by atoms with Gasteiger partial charge >= 0.3 is 0 Å². The van der Waals surface area contributed by atoms with E-state index in [0.29, 0.717) is 13.0 Å². The molecule has 0 aliphatic rings. The summed E-state index contributed by atoms with van der Waals surface area (Å²) < 4.78 is 1.78. The molecule has 6 heteroatoms. The van der Waals surface area contributed by atoms with Gasteiger partial charge in [0.25, 0.3) is 0 Å². The Morgan fingerprint density at radius 2 is 2.05 bits per heavy atom. The Morgan fingerprint density at radius 3 is 2.79 bits per heavy atom. The molecule has 3 N–H and O–H groups in total. The highest BCUT2D eigenvalue weighted by atomic mass is 16.1. The molecule has 0 aliphatic carbocycles. The summed E-state index contributed by atoms with van der Waals surface area (Å²) in [5, 5.41) is 10.4. The number of carbonyl (C=O) groups is 1. The smallest absolute Gasteiger partial charge is 0.224 e. The molecule has 1 aromatic carbocycles. The summed E-state index contributed by atoms with van der Waals surface area (Å²) in [6.07, 6.45) is 5.40. The van der Waals surface area contributed by atoms with Gasteiger partial charge in [0.15, 0.2) is 0 Å². The molecule has 0 spiro atoms. The molecular weight excluding hydrogens is 242 g/mol. The van der Waals surface area contributed by atoms with Gasteiger partial charge in [0, 0.05) is 12.1 Å². The van der Waals surface area contributed by atoms with E-state index in [-0.39, 0.29) is 5.91 Å². The van der Waals surface area contributed by atoms with E-state index in [1.807, 2.05) is 24.3 Å². The van der Waals surface area contributed by atoms with Crippen molar-refractivity contribution in [2.45, 2.75) is 19.3 Å². The van der Waals surface area contributed by atoms with E-state index in [4.69, 9.17) is 5.73 Å². The molecule has 6 nitrogen and oxygen atoms in total. The van der Waals surface area contributed by atoms with Crippen LogP contribution in [0.2, 0.25) is 0 Å². The summed E-state index contributed by atoms with van der Waals surface area (Å²) in [4.78, 5) is 11.7. The van der Waals surface area contributed by atoms with Gasteiger partial charge < -0.3 is 11.1 Å². The van der Waals surface area contributed by atoms with Crippen LogP contribution in [0.3, 0.4) is 0 Å². The number of nitrogens with two attached hydrogens (primary N) is 1. The fourth-order valence-electron chi connectivity index (χ4n) is 1.73. The number of carbonyl (C=O) groups excluding carboxylic acids is 1. The fourth-order valence-corrected chi connectivity index (χ4v) is 1.73. The molecule has 0 bridgehead atoms. The average Bonchev–Trinajstić information content (AvgIpc) is 2.93. The predicted octanol–water partition coefficient (Wildman–Crippen LogP) is 1.33. The van der Waals surface area contributed by atoms with E-state index in [2.05, 4.69) is 15.5 Å². The summed E-state index contributed by atoms with van der Waals surface area (Å²) in [5.41, 5.74) is 7.07. The molecule has 0 unspecified atom stereocenters. The summed E-state index contributed by atoms with van der Waals surface area (Å²) in [6, 6.07) is 7.54. The number of hydrogen-bond donors (Lipinski definition) is 2. The lowest BCUT2D eigenvalue weighted by atomic mass is 10.2. The molecule has 0 atom stereocenters. The Bertz CT molecular complexity index is 524. The van der Waals surface area contributed by atoms with Gasteiger partial charge in [-0.3, -0.25) is 9.36 Å². The third-order valence-corrected chi connectivity index (χ3v) is 2.70. The first-order valence-corrected chi connectivity index (χ1v) is 6.24. The van der Waals surface area contributed by atoms with Gasteiger partial charge in [-0.25, -0.2) is 0 Å². The third-order valence-electron chi connectivity index (χ3n) is 2.70. The minimum atomic E-state index is 0.00866. The van der Waals surface area contributed by atoms with Gasteiger partial charge in [-0.1, -0.05) is 6.07 Å². The normalized spacial score (nSPS) is 10.4. The predicted molar refractivity (Wildman–Crippen MR) is 72.9 cm³/mol. The van der Waals surface area contributed by atoms with E-state index in [9.17, 15) is 4.79 Å². The van der Waals surface area contributed by atoms with Crippen molar-refractivity contribution in [2.24, 2.45) is 5.73 Å². The van der Waals surface area contributed by atoms with Crippen LogP contribution in [0, 0.1) is 0 Å². The van der Waals surface area contributed by atoms with Gasteiger partial charge in [-0.15, -0.1) is 10.2 Å². The molecule has 19 heavy (non-hydrogen) atoms. The quantitative estimate of drug-likeness (QED) is 0.766. The molecule has 1 amide bonds. The van der Waals surface area contributed by atoms with Gasteiger partial charge in [-0.05, 0) is 37.6 Å². The first kappa shape index (κ1) is 13.2. The monoisotopic (exact) mass is 259 g/mol. The fraction of sp³-hybridized carbons (Fsp3) is 0.308. The first-order valence-electron chi connectivity index (χ1n) is 6.24. The van der Waals surface area contributed by atoms with E-state index in [1.54, 1.807) is 17.2 Å². The second-order valence-electron chi connectivity index (χ2n) is 4.21. The number of rotatable bonds is 6. The zero-order chi connectivity index (χ0) is 13.5. The van der Waals surface area contributed by atoms with Crippen LogP contribution >= 0.6 is 0 Å². The number of nitrogens with zero attached hydrogens (tertiary/aromatic N) is 3. The summed E-state index contributed by atoms with van der Waals surface area (Å²) in [5.74, 6) is 0.00866. The van der Waals surface area contributed by atoms with Gasteiger partial charge in [0.05, 0.1) is 5.69 Å². The van der Waals surface area contributed by atoms with Gasteiger partial charge in [-0.2, -0.15) is 0 Å². The molecule has 2 rings (SSSR count). The lowest BCUT2D eigenvalue weighted by molar-refractivity contribution is -0.116. The second kappa shape index (κ2) is 6.65. The lowest BCUT2D eigenvalue weighted by Gasteiger charge is -2.07. The van der Waals surface area contributed by atoms with Crippen LogP contribution in [0.1, 0.15) is 19.3 Å². The minimum Gasteiger partial charge on any atom is -0.330 e. The maximum absolute atomic E-state index is 11.7. The van der Waals surface area contributed by atoms with Gasteiger partial charge in [0.2, 0.25) is 5.91 Å². The number of hydrogen-bond acceptors (Lipinski definition) is 4. The van der Waals surface area contributed by atoms with Crippen LogP contribution in [0.5, 0.6) is 0 Å². The molecule has 0 saturated carbocycles. The number of anilines is 1. The molecule has 0 saturated heterocycles. The maximum atomic E-state index is 11.7. The summed E-state index contributed by atoms with van der Waals surface area (Å²) >= 11 is 0. The van der Waals surface area contributed by atoms with Crippen molar-refractivity contribution in [3.8, 4) is 5.69 Å². The van der Waals surface area contributed by atoms with Crippen molar-refractivity contribution in [1.82, 2.24) is 14.8 Å². The number of unbranched alkanes of at least 4 members (excludes halogenated alkanes) is 1. The van der Waals surface area contributed by atoms with Crippen molar-refractivity contribution < 1.29 is 4.79 Å². The lowest BCUT2D eigenvalue weighted by Crippen LogP contribution is -2.12. The molecule has 2 aromatic rings. The van der Waals surface area contributed by atoms with Crippen LogP contribution < -0.4 is 11.1 Å². The van der Waals surface area contributed by atoms with Crippen LogP contribution in [-0.2, 0) is 4.79 Å². The van der Waals surface area contributed by atoms with Crippen LogP contribution in [0.25, 0.3) is 5.69 Å². The molecular formula is C13H17N5O. The number of aromatic nitrogens is 3. The van der Waals surface area contributed by atoms with Crippen molar-refractivity contribution in [3.63, 3.8) is 0 Å². The van der Waals surface area contributed by atoms with E-state index in [0.717, 1.165) is 24.2 Å². The van der Waals surface area contributed by atoms with E-state index >= 15 is 0 Å². The third kappa shape index (κ3) is 3.89. The molecule has 100 valence electrons. The molecule has 1 heterocycles. The second-order valence-corrected chi connectivity index (χ2v) is 4.21. The highest BCUT2D eigenvalue weighted by Crippen LogP contribution is 2.14. The van der Waals surface area contributed by atoms with Crippen molar-refractivity contribution in [1.29, 1.82) is 0 Å². The molecule has 1 aromatic heterocycles. The summed E-state index contributed by atoms with van der Waals surface area (Å²) in [7, 11) is 0. The van der Waals surface area contributed by atoms with E-state index < -0.39 is 0 Å². The Kier molecular flexibility index (Phi) is 4.63. The SMILES string of the molecule is NCCCCC(=O)Nc1cccc(-n2cnnc2)c1. The Hall–Kier alpha value is -2.21. The Labute approximate surface area is 111 Å². The molecule has 0 fully saturated rings. The standard InChI is InChI=1S/C13H17N5O/c14-7-2-1-6-13(19)17-11-4-3-5-12(8-11)18-9-15-16-10-18/h3-5,8-10H,1-2,6-7,14H2,(H,17,19). The summed E-state index contributed by atoms with van der Waals surface area (Å²) in [6.45, 7) is 0.621. The topological polar surface area (TPSA) is 85.8 Å². The Morgan fingerprint density at radius 1 is 1.26 bits per heavy atom. The highest BCUT2D eigenvalue weighted by molar-refractivity contribution is 5.90. The highest BCUT2D eigenvalue weighted by Gasteiger charge is 2.03. The van der Waals surface area contributed by atoms with Crippen LogP contribution in [0.4, 0.5) is 5.69 Å². The number of benzene rings is 1. The molecule has 0 aliphatic heterocycles. The van der Waals surface area contributed by atoms with Crippen LogP contribution in [0.15, 0.2) is 36.9 Å². The molecule has 0 radical (unpaired) electrons. The van der Waals surface area contributed by atoms with Crippen molar-refractivity contribution >= 4 is 11.6 Å². The maximum Gasteiger partial charge on any atom is 0.224 e. The van der Waals surface area contributed by atoms with Crippen molar-refractivity contribution in [3.05, 3.63) is 36.9 Å². The zero-order valence-corrected chi connectivity index (χ0v) is 10.6. The Balaban J connectivity index is 1.97. The van der Waals surface area contributed by atoms with E-state index in [1.165, 1.54) is 0 Å². The number of amides is 1. The largest absolute Gasteiger partial charge is 0.330 e. The average molecular weight is 259 g/mol.